The fourth-order valence-corrected chi connectivity index (χ4v) is 4.71. The van der Waals surface area contributed by atoms with Crippen molar-refractivity contribution < 1.29 is 13.2 Å². The highest BCUT2D eigenvalue weighted by Crippen LogP contribution is 2.23. The average Bonchev–Trinajstić information content (AvgIpc) is 3.42. The zero-order chi connectivity index (χ0) is 21.1. The van der Waals surface area contributed by atoms with E-state index in [2.05, 4.69) is 10.4 Å². The molecule has 4 rings (SSSR count). The minimum atomic E-state index is -3.73. The van der Waals surface area contributed by atoms with Crippen LogP contribution in [0.2, 0.25) is 0 Å². The predicted molar refractivity (Wildman–Crippen MR) is 116 cm³/mol. The Morgan fingerprint density at radius 1 is 1.03 bits per heavy atom. The van der Waals surface area contributed by atoms with Crippen LogP contribution in [-0.2, 0) is 16.6 Å². The summed E-state index contributed by atoms with van der Waals surface area (Å²) in [5.74, 6) is -0.268. The third-order valence-corrected chi connectivity index (χ3v) is 6.93. The van der Waals surface area contributed by atoms with Crippen LogP contribution in [0.5, 0.6) is 0 Å². The van der Waals surface area contributed by atoms with Crippen LogP contribution < -0.4 is 10.5 Å². The molecule has 30 heavy (non-hydrogen) atoms. The molecule has 0 aliphatic rings. The molecule has 152 valence electrons. The number of aromatic nitrogens is 2. The van der Waals surface area contributed by atoms with Crippen molar-refractivity contribution in [3.63, 3.8) is 0 Å². The number of thiophene rings is 1. The van der Waals surface area contributed by atoms with Crippen LogP contribution in [0, 0.1) is 0 Å². The zero-order valence-electron chi connectivity index (χ0n) is 15.7. The molecule has 3 N–H and O–H groups in total. The fourth-order valence-electron chi connectivity index (χ4n) is 2.99. The van der Waals surface area contributed by atoms with Gasteiger partial charge in [0, 0.05) is 16.0 Å². The van der Waals surface area contributed by atoms with Crippen molar-refractivity contribution >= 4 is 27.3 Å². The highest BCUT2D eigenvalue weighted by atomic mass is 32.2. The Kier molecular flexibility index (Phi) is 5.49. The highest BCUT2D eigenvalue weighted by Gasteiger charge is 2.13. The highest BCUT2D eigenvalue weighted by molar-refractivity contribution is 7.91. The van der Waals surface area contributed by atoms with E-state index in [1.807, 2.05) is 42.5 Å². The molecule has 0 saturated carbocycles. The van der Waals surface area contributed by atoms with E-state index in [1.54, 1.807) is 35.1 Å². The first-order valence-electron chi connectivity index (χ1n) is 9.01. The average molecular weight is 439 g/mol. The summed E-state index contributed by atoms with van der Waals surface area (Å²) in [6.45, 7) is 0.209. The molecule has 9 heteroatoms. The van der Waals surface area contributed by atoms with Gasteiger partial charge in [0.1, 0.15) is 4.21 Å². The second-order valence-electron chi connectivity index (χ2n) is 6.49. The third-order valence-electron chi connectivity index (χ3n) is 4.41. The van der Waals surface area contributed by atoms with E-state index in [4.69, 9.17) is 5.14 Å². The number of sulfonamides is 1. The molecule has 2 heterocycles. The monoisotopic (exact) mass is 438 g/mol. The zero-order valence-corrected chi connectivity index (χ0v) is 17.4. The van der Waals surface area contributed by atoms with E-state index in [0.717, 1.165) is 28.3 Å². The van der Waals surface area contributed by atoms with Gasteiger partial charge in [-0.05, 0) is 36.4 Å². The maximum absolute atomic E-state index is 12.6. The predicted octanol–water partition coefficient (Wildman–Crippen LogP) is 3.18. The lowest BCUT2D eigenvalue weighted by Gasteiger charge is -2.10. The summed E-state index contributed by atoms with van der Waals surface area (Å²) in [4.78, 5) is 13.3. The SMILES string of the molecule is NS(=O)(=O)c1ccc(CNC(=O)c2cccc(-n3nccc3-c3ccccc3)c2)s1. The lowest BCUT2D eigenvalue weighted by Crippen LogP contribution is -2.22. The van der Waals surface area contributed by atoms with Gasteiger partial charge in [0.2, 0.25) is 10.0 Å². The Bertz CT molecular complexity index is 1290. The molecular formula is C21H18N4O3S2. The van der Waals surface area contributed by atoms with Crippen molar-refractivity contribution in [1.82, 2.24) is 15.1 Å². The quantitative estimate of drug-likeness (QED) is 0.482. The van der Waals surface area contributed by atoms with Crippen molar-refractivity contribution in [2.75, 3.05) is 0 Å². The summed E-state index contributed by atoms with van der Waals surface area (Å²) in [5.41, 5.74) is 3.18. The van der Waals surface area contributed by atoms with Crippen molar-refractivity contribution in [3.8, 4) is 16.9 Å². The second kappa shape index (κ2) is 8.23. The van der Waals surface area contributed by atoms with Gasteiger partial charge in [0.15, 0.2) is 0 Å². The topological polar surface area (TPSA) is 107 Å². The van der Waals surface area contributed by atoms with Gasteiger partial charge in [0.25, 0.3) is 5.91 Å². The Morgan fingerprint density at radius 3 is 2.57 bits per heavy atom. The summed E-state index contributed by atoms with van der Waals surface area (Å²) in [6.07, 6.45) is 1.72. The van der Waals surface area contributed by atoms with E-state index < -0.39 is 10.0 Å². The van der Waals surface area contributed by atoms with Crippen molar-refractivity contribution in [1.29, 1.82) is 0 Å². The van der Waals surface area contributed by atoms with Crippen LogP contribution in [0.15, 0.2) is 83.2 Å². The standard InChI is InChI=1S/C21H18N4O3S2/c22-30(27,28)20-10-9-18(29-20)14-23-21(26)16-7-4-8-17(13-16)25-19(11-12-24-25)15-5-2-1-3-6-15/h1-13H,14H2,(H,23,26)(H2,22,27,28). The van der Waals surface area contributed by atoms with Gasteiger partial charge < -0.3 is 5.32 Å². The first-order chi connectivity index (χ1) is 14.4. The lowest BCUT2D eigenvalue weighted by molar-refractivity contribution is 0.0951. The minimum absolute atomic E-state index is 0.0702. The number of nitrogens with zero attached hydrogens (tertiary/aromatic N) is 2. The van der Waals surface area contributed by atoms with Crippen molar-refractivity contribution in [2.24, 2.45) is 5.14 Å². The van der Waals surface area contributed by atoms with Crippen LogP contribution >= 0.6 is 11.3 Å². The van der Waals surface area contributed by atoms with Gasteiger partial charge in [-0.3, -0.25) is 4.79 Å². The molecule has 0 saturated heterocycles. The van der Waals surface area contributed by atoms with Crippen LogP contribution in [0.4, 0.5) is 0 Å². The molecule has 0 unspecified atom stereocenters. The van der Waals surface area contributed by atoms with Gasteiger partial charge in [-0.15, -0.1) is 11.3 Å². The number of benzene rings is 2. The van der Waals surface area contributed by atoms with Gasteiger partial charge in [-0.1, -0.05) is 36.4 Å². The molecule has 0 fully saturated rings. The van der Waals surface area contributed by atoms with Crippen LogP contribution in [0.3, 0.4) is 0 Å². The molecule has 1 amide bonds. The summed E-state index contributed by atoms with van der Waals surface area (Å²) >= 11 is 1.04. The number of carbonyl (C=O) groups is 1. The number of nitrogens with one attached hydrogen (secondary N) is 1. The molecule has 2 aromatic carbocycles. The van der Waals surface area contributed by atoms with Crippen LogP contribution in [0.1, 0.15) is 15.2 Å². The van der Waals surface area contributed by atoms with Crippen LogP contribution in [0.25, 0.3) is 16.9 Å². The van der Waals surface area contributed by atoms with Gasteiger partial charge in [0.05, 0.1) is 24.1 Å². The number of amides is 1. The summed E-state index contributed by atoms with van der Waals surface area (Å²) in [6, 6.07) is 22.0. The molecule has 7 nitrogen and oxygen atoms in total. The van der Waals surface area contributed by atoms with Gasteiger partial charge >= 0.3 is 0 Å². The van der Waals surface area contributed by atoms with E-state index in [1.165, 1.54) is 6.07 Å². The molecule has 0 aliphatic heterocycles. The van der Waals surface area contributed by atoms with Gasteiger partial charge in [-0.2, -0.15) is 5.10 Å². The van der Waals surface area contributed by atoms with E-state index >= 15 is 0 Å². The lowest BCUT2D eigenvalue weighted by atomic mass is 10.1. The Labute approximate surface area is 177 Å². The maximum atomic E-state index is 12.6. The molecule has 0 aliphatic carbocycles. The molecule has 0 spiro atoms. The van der Waals surface area contributed by atoms with E-state index in [0.29, 0.717) is 10.4 Å². The Hall–Kier alpha value is -3.27. The third kappa shape index (κ3) is 4.33. The number of carbonyl (C=O) groups excluding carboxylic acids is 1. The summed E-state index contributed by atoms with van der Waals surface area (Å²) < 4.78 is 24.6. The molecule has 0 bridgehead atoms. The fraction of sp³-hybridized carbons (Fsp3) is 0.0476. The van der Waals surface area contributed by atoms with Crippen LogP contribution in [-0.4, -0.2) is 24.1 Å². The normalized spacial score (nSPS) is 11.4. The Morgan fingerprint density at radius 2 is 1.83 bits per heavy atom. The Balaban J connectivity index is 1.52. The summed E-state index contributed by atoms with van der Waals surface area (Å²) in [7, 11) is -3.73. The number of hydrogen-bond acceptors (Lipinski definition) is 5. The van der Waals surface area contributed by atoms with Gasteiger partial charge in [-0.25, -0.2) is 18.2 Å². The molecule has 2 aromatic heterocycles. The smallest absolute Gasteiger partial charge is 0.251 e. The van der Waals surface area contributed by atoms with E-state index in [9.17, 15) is 13.2 Å². The number of primary sulfonamides is 1. The van der Waals surface area contributed by atoms with Crippen molar-refractivity contribution in [3.05, 3.63) is 89.4 Å². The molecular weight excluding hydrogens is 420 g/mol. The largest absolute Gasteiger partial charge is 0.347 e. The first kappa shape index (κ1) is 20.0. The minimum Gasteiger partial charge on any atom is -0.347 e. The molecule has 0 radical (unpaired) electrons. The number of nitrogens with two attached hydrogens (primary N) is 1. The maximum Gasteiger partial charge on any atom is 0.251 e. The first-order valence-corrected chi connectivity index (χ1v) is 11.4. The molecule has 4 aromatic rings. The second-order valence-corrected chi connectivity index (χ2v) is 9.45. The number of rotatable bonds is 6. The van der Waals surface area contributed by atoms with E-state index in [-0.39, 0.29) is 16.7 Å². The van der Waals surface area contributed by atoms with Crippen molar-refractivity contribution in [2.45, 2.75) is 10.8 Å². The number of hydrogen-bond donors (Lipinski definition) is 2. The summed E-state index contributed by atoms with van der Waals surface area (Å²) in [5, 5.41) is 12.3. The molecule has 0 atom stereocenters.